The molecule has 1 atom stereocenters. The lowest BCUT2D eigenvalue weighted by atomic mass is 10.2. The molecule has 0 bridgehead atoms. The molecule has 0 aliphatic rings. The zero-order valence-electron chi connectivity index (χ0n) is 9.90. The highest BCUT2D eigenvalue weighted by molar-refractivity contribution is 6.31. The topological polar surface area (TPSA) is 51.4 Å². The predicted molar refractivity (Wildman–Crippen MR) is 66.5 cm³/mol. The third kappa shape index (κ3) is 3.63. The van der Waals surface area contributed by atoms with Crippen LogP contribution in [0.25, 0.3) is 0 Å². The van der Waals surface area contributed by atoms with Gasteiger partial charge in [-0.3, -0.25) is 4.90 Å². The van der Waals surface area contributed by atoms with E-state index in [0.717, 1.165) is 5.69 Å². The molecule has 2 N–H and O–H groups in total. The van der Waals surface area contributed by atoms with Gasteiger partial charge in [0.15, 0.2) is 0 Å². The van der Waals surface area contributed by atoms with E-state index >= 15 is 0 Å². The molecule has 1 unspecified atom stereocenters. The first-order valence-corrected chi connectivity index (χ1v) is 5.52. The molecular formula is C11H18ClN3O. The van der Waals surface area contributed by atoms with Crippen LogP contribution in [0.2, 0.25) is 5.02 Å². The van der Waals surface area contributed by atoms with E-state index in [-0.39, 0.29) is 0 Å². The van der Waals surface area contributed by atoms with Gasteiger partial charge in [-0.05, 0) is 26.1 Å². The van der Waals surface area contributed by atoms with Crippen LogP contribution in [0, 0.1) is 0 Å². The van der Waals surface area contributed by atoms with Gasteiger partial charge in [0.1, 0.15) is 5.82 Å². The number of hydrogen-bond donors (Lipinski definition) is 1. The Hall–Kier alpha value is -0.840. The second-order valence-electron chi connectivity index (χ2n) is 3.88. The molecule has 5 heteroatoms. The second-order valence-corrected chi connectivity index (χ2v) is 4.29. The molecule has 1 heterocycles. The van der Waals surface area contributed by atoms with Crippen LogP contribution in [0.3, 0.4) is 0 Å². The molecule has 1 aromatic rings. The van der Waals surface area contributed by atoms with Crippen LogP contribution >= 0.6 is 11.6 Å². The number of halogens is 1. The molecule has 0 saturated carbocycles. The van der Waals surface area contributed by atoms with Crippen LogP contribution in [0.4, 0.5) is 5.82 Å². The molecule has 0 amide bonds. The molecule has 0 aromatic carbocycles. The number of likely N-dealkylation sites (N-methyl/N-ethyl adjacent to an activating group) is 1. The van der Waals surface area contributed by atoms with Crippen LogP contribution in [-0.4, -0.2) is 36.7 Å². The summed E-state index contributed by atoms with van der Waals surface area (Å²) < 4.78 is 5.10. The fourth-order valence-corrected chi connectivity index (χ4v) is 1.54. The molecule has 0 saturated heterocycles. The molecule has 16 heavy (non-hydrogen) atoms. The average Bonchev–Trinajstić information content (AvgIpc) is 2.23. The SMILES string of the molecule is COCC(C)N(C)Cc1nc(N)ccc1Cl. The summed E-state index contributed by atoms with van der Waals surface area (Å²) in [7, 11) is 3.70. The van der Waals surface area contributed by atoms with Crippen molar-refractivity contribution >= 4 is 17.4 Å². The number of aromatic nitrogens is 1. The smallest absolute Gasteiger partial charge is 0.123 e. The summed E-state index contributed by atoms with van der Waals surface area (Å²) in [4.78, 5) is 6.34. The maximum atomic E-state index is 6.05. The van der Waals surface area contributed by atoms with E-state index in [1.54, 1.807) is 19.2 Å². The third-order valence-corrected chi connectivity index (χ3v) is 2.84. The standard InChI is InChI=1S/C11H18ClN3O/c1-8(7-16-3)15(2)6-10-9(12)4-5-11(13)14-10/h4-5,8H,6-7H2,1-3H3,(H2,13,14). The molecule has 0 aliphatic carbocycles. The highest BCUT2D eigenvalue weighted by Gasteiger charge is 2.12. The molecule has 90 valence electrons. The number of nitrogens with zero attached hydrogens (tertiary/aromatic N) is 2. The van der Waals surface area contributed by atoms with Crippen LogP contribution in [0.5, 0.6) is 0 Å². The van der Waals surface area contributed by atoms with Crippen molar-refractivity contribution in [3.63, 3.8) is 0 Å². The molecule has 0 radical (unpaired) electrons. The fraction of sp³-hybridized carbons (Fsp3) is 0.545. The van der Waals surface area contributed by atoms with Crippen LogP contribution in [0.15, 0.2) is 12.1 Å². The van der Waals surface area contributed by atoms with Crippen molar-refractivity contribution in [1.29, 1.82) is 0 Å². The monoisotopic (exact) mass is 243 g/mol. The molecular weight excluding hydrogens is 226 g/mol. The number of hydrogen-bond acceptors (Lipinski definition) is 4. The van der Waals surface area contributed by atoms with Crippen molar-refractivity contribution in [3.8, 4) is 0 Å². The van der Waals surface area contributed by atoms with Gasteiger partial charge in [0.2, 0.25) is 0 Å². The zero-order valence-corrected chi connectivity index (χ0v) is 10.7. The van der Waals surface area contributed by atoms with Gasteiger partial charge in [-0.2, -0.15) is 0 Å². The van der Waals surface area contributed by atoms with Gasteiger partial charge >= 0.3 is 0 Å². The Labute approximate surface area is 101 Å². The van der Waals surface area contributed by atoms with E-state index in [4.69, 9.17) is 22.1 Å². The summed E-state index contributed by atoms with van der Waals surface area (Å²) in [6, 6.07) is 3.78. The van der Waals surface area contributed by atoms with Crippen molar-refractivity contribution in [1.82, 2.24) is 9.88 Å². The maximum Gasteiger partial charge on any atom is 0.123 e. The second kappa shape index (κ2) is 6.03. The first-order chi connectivity index (χ1) is 7.54. The lowest BCUT2D eigenvalue weighted by molar-refractivity contribution is 0.111. The Balaban J connectivity index is 2.68. The Morgan fingerprint density at radius 3 is 2.88 bits per heavy atom. The Bertz CT molecular complexity index is 346. The predicted octanol–water partition coefficient (Wildman–Crippen LogP) is 1.78. The van der Waals surface area contributed by atoms with E-state index in [0.29, 0.717) is 30.0 Å². The zero-order chi connectivity index (χ0) is 12.1. The number of rotatable bonds is 5. The van der Waals surface area contributed by atoms with Gasteiger partial charge in [0.05, 0.1) is 17.3 Å². The van der Waals surface area contributed by atoms with Crippen molar-refractivity contribution in [3.05, 3.63) is 22.8 Å². The third-order valence-electron chi connectivity index (χ3n) is 2.50. The molecule has 0 aliphatic heterocycles. The Morgan fingerprint density at radius 1 is 1.56 bits per heavy atom. The van der Waals surface area contributed by atoms with E-state index in [9.17, 15) is 0 Å². The number of methoxy groups -OCH3 is 1. The number of nitrogens with two attached hydrogens (primary N) is 1. The minimum Gasteiger partial charge on any atom is -0.384 e. The van der Waals surface area contributed by atoms with Crippen LogP contribution in [-0.2, 0) is 11.3 Å². The van der Waals surface area contributed by atoms with E-state index in [1.807, 2.05) is 7.05 Å². The van der Waals surface area contributed by atoms with Crippen molar-refractivity contribution in [2.75, 3.05) is 26.5 Å². The van der Waals surface area contributed by atoms with E-state index < -0.39 is 0 Å². The van der Waals surface area contributed by atoms with Crippen molar-refractivity contribution in [2.45, 2.75) is 19.5 Å². The minimum absolute atomic E-state index is 0.310. The first kappa shape index (κ1) is 13.2. The number of nitrogen functional groups attached to an aromatic ring is 1. The maximum absolute atomic E-state index is 6.05. The highest BCUT2D eigenvalue weighted by Crippen LogP contribution is 2.17. The summed E-state index contributed by atoms with van der Waals surface area (Å²) in [5, 5.41) is 0.644. The largest absolute Gasteiger partial charge is 0.384 e. The number of ether oxygens (including phenoxy) is 1. The van der Waals surface area contributed by atoms with Crippen LogP contribution in [0.1, 0.15) is 12.6 Å². The van der Waals surface area contributed by atoms with Gasteiger partial charge in [-0.1, -0.05) is 11.6 Å². The van der Waals surface area contributed by atoms with Gasteiger partial charge in [-0.15, -0.1) is 0 Å². The highest BCUT2D eigenvalue weighted by atomic mass is 35.5. The molecule has 0 spiro atoms. The lowest BCUT2D eigenvalue weighted by Gasteiger charge is -2.23. The number of pyridine rings is 1. The molecule has 1 rings (SSSR count). The van der Waals surface area contributed by atoms with Gasteiger partial charge in [0.25, 0.3) is 0 Å². The number of anilines is 1. The molecule has 0 fully saturated rings. The summed E-state index contributed by atoms with van der Waals surface area (Å²) in [6.45, 7) is 3.43. The van der Waals surface area contributed by atoms with E-state index in [1.165, 1.54) is 0 Å². The normalized spacial score (nSPS) is 13.1. The Kier molecular flexibility index (Phi) is 4.99. The van der Waals surface area contributed by atoms with Gasteiger partial charge in [0, 0.05) is 19.7 Å². The van der Waals surface area contributed by atoms with Crippen LogP contribution < -0.4 is 5.73 Å². The summed E-state index contributed by atoms with van der Waals surface area (Å²) in [6.07, 6.45) is 0. The fourth-order valence-electron chi connectivity index (χ4n) is 1.37. The molecule has 4 nitrogen and oxygen atoms in total. The first-order valence-electron chi connectivity index (χ1n) is 5.14. The Morgan fingerprint density at radius 2 is 2.25 bits per heavy atom. The summed E-state index contributed by atoms with van der Waals surface area (Å²) in [5.41, 5.74) is 6.42. The summed E-state index contributed by atoms with van der Waals surface area (Å²) in [5.74, 6) is 0.493. The molecule has 1 aromatic heterocycles. The van der Waals surface area contributed by atoms with Gasteiger partial charge < -0.3 is 10.5 Å². The van der Waals surface area contributed by atoms with E-state index in [2.05, 4.69) is 16.8 Å². The quantitative estimate of drug-likeness (QED) is 0.857. The van der Waals surface area contributed by atoms with Crippen molar-refractivity contribution in [2.24, 2.45) is 0 Å². The average molecular weight is 244 g/mol. The van der Waals surface area contributed by atoms with Crippen molar-refractivity contribution < 1.29 is 4.74 Å². The lowest BCUT2D eigenvalue weighted by Crippen LogP contribution is -2.32. The minimum atomic E-state index is 0.310. The van der Waals surface area contributed by atoms with Gasteiger partial charge in [-0.25, -0.2) is 4.98 Å². The summed E-state index contributed by atoms with van der Waals surface area (Å²) >= 11 is 6.05.